The van der Waals surface area contributed by atoms with Crippen molar-refractivity contribution in [3.05, 3.63) is 26.1 Å². The van der Waals surface area contributed by atoms with E-state index in [-0.39, 0.29) is 23.9 Å². The molecule has 1 saturated heterocycles. The Morgan fingerprint density at radius 1 is 1.39 bits per heavy atom. The summed E-state index contributed by atoms with van der Waals surface area (Å²) in [5.74, 6) is 0.208. The number of amides is 1. The Hall–Kier alpha value is -0.790. The summed E-state index contributed by atoms with van der Waals surface area (Å²) >= 11 is 6.83. The molecule has 2 aliphatic heterocycles. The number of ether oxygens (including phenoxy) is 2. The second-order valence-electron chi connectivity index (χ2n) is 6.94. The Balaban J connectivity index is 1.87. The quantitative estimate of drug-likeness (QED) is 0.647. The molecule has 2 atom stereocenters. The van der Waals surface area contributed by atoms with Gasteiger partial charge in [0.2, 0.25) is 0 Å². The number of benzene rings is 1. The van der Waals surface area contributed by atoms with Gasteiger partial charge in [-0.3, -0.25) is 0 Å². The van der Waals surface area contributed by atoms with Gasteiger partial charge in [-0.2, -0.15) is 0 Å². The van der Waals surface area contributed by atoms with Crippen LogP contribution in [0.1, 0.15) is 37.8 Å². The van der Waals surface area contributed by atoms with E-state index in [0.717, 1.165) is 11.1 Å². The van der Waals surface area contributed by atoms with Gasteiger partial charge in [0.05, 0.1) is 28.2 Å². The molecule has 23 heavy (non-hydrogen) atoms. The number of hydrogen-bond acceptors (Lipinski definition) is 4. The summed E-state index contributed by atoms with van der Waals surface area (Å²) in [7, 11) is 0. The van der Waals surface area contributed by atoms with E-state index in [0.29, 0.717) is 28.6 Å². The molecule has 1 fully saturated rings. The van der Waals surface area contributed by atoms with Crippen LogP contribution in [0.25, 0.3) is 0 Å². The van der Waals surface area contributed by atoms with Gasteiger partial charge in [-0.15, -0.1) is 0 Å². The highest BCUT2D eigenvalue weighted by molar-refractivity contribution is 9.11. The Morgan fingerprint density at radius 2 is 2.09 bits per heavy atom. The van der Waals surface area contributed by atoms with E-state index in [1.807, 2.05) is 26.8 Å². The molecule has 1 amide bonds. The second-order valence-corrected chi connectivity index (χ2v) is 8.58. The Kier molecular flexibility index (Phi) is 4.40. The molecule has 0 radical (unpaired) electrons. The van der Waals surface area contributed by atoms with Gasteiger partial charge in [0.25, 0.3) is 0 Å². The first kappa shape index (κ1) is 17.0. The number of phenolic OH excluding ortho intramolecular Hbond substituents is 1. The fourth-order valence-electron chi connectivity index (χ4n) is 3.09. The van der Waals surface area contributed by atoms with Gasteiger partial charge < -0.3 is 19.5 Å². The molecular weight excluding hydrogens is 430 g/mol. The standard InChI is InChI=1S/C16H19Br2NO4/c1-16(2,3)23-15(21)19-5-9-11(6-19)22-7-8-4-10(17)14(20)13(18)12(8)9/h4,9,11,20H,5-7H2,1-3H3/t9-,11-/m0/s1. The number of fused-ring (bicyclic) bond motifs is 3. The average Bonchev–Trinajstić information content (AvgIpc) is 2.86. The van der Waals surface area contributed by atoms with Crippen LogP contribution < -0.4 is 0 Å². The summed E-state index contributed by atoms with van der Waals surface area (Å²) in [5, 5.41) is 10.2. The van der Waals surface area contributed by atoms with Gasteiger partial charge in [-0.25, -0.2) is 4.79 Å². The zero-order chi connectivity index (χ0) is 16.9. The minimum Gasteiger partial charge on any atom is -0.506 e. The van der Waals surface area contributed by atoms with Gasteiger partial charge >= 0.3 is 6.09 Å². The zero-order valence-electron chi connectivity index (χ0n) is 13.2. The lowest BCUT2D eigenvalue weighted by atomic mass is 9.89. The van der Waals surface area contributed by atoms with Crippen LogP contribution in [0.5, 0.6) is 5.75 Å². The first-order chi connectivity index (χ1) is 10.7. The first-order valence-electron chi connectivity index (χ1n) is 7.46. The lowest BCUT2D eigenvalue weighted by Gasteiger charge is -2.29. The van der Waals surface area contributed by atoms with Gasteiger partial charge in [-0.05, 0) is 69.8 Å². The summed E-state index contributed by atoms with van der Waals surface area (Å²) in [6, 6.07) is 1.88. The number of hydrogen-bond donors (Lipinski definition) is 1. The largest absolute Gasteiger partial charge is 0.506 e. The normalized spacial score (nSPS) is 23.4. The number of aromatic hydroxyl groups is 1. The lowest BCUT2D eigenvalue weighted by Crippen LogP contribution is -2.36. The van der Waals surface area contributed by atoms with Crippen molar-refractivity contribution in [2.45, 2.75) is 45.0 Å². The number of phenols is 1. The maximum absolute atomic E-state index is 12.3. The van der Waals surface area contributed by atoms with Gasteiger partial charge in [0, 0.05) is 12.5 Å². The van der Waals surface area contributed by atoms with Crippen molar-refractivity contribution in [1.82, 2.24) is 4.90 Å². The van der Waals surface area contributed by atoms with Crippen LogP contribution in [0.3, 0.4) is 0 Å². The van der Waals surface area contributed by atoms with E-state index < -0.39 is 5.60 Å². The van der Waals surface area contributed by atoms with Crippen molar-refractivity contribution in [3.63, 3.8) is 0 Å². The summed E-state index contributed by atoms with van der Waals surface area (Å²) in [5.41, 5.74) is 1.52. The van der Waals surface area contributed by atoms with Crippen LogP contribution >= 0.6 is 31.9 Å². The van der Waals surface area contributed by atoms with Crippen LogP contribution in [0.15, 0.2) is 15.0 Å². The number of rotatable bonds is 0. The van der Waals surface area contributed by atoms with Crippen molar-refractivity contribution < 1.29 is 19.4 Å². The first-order valence-corrected chi connectivity index (χ1v) is 9.05. The van der Waals surface area contributed by atoms with Crippen molar-refractivity contribution in [2.24, 2.45) is 0 Å². The second kappa shape index (κ2) is 5.93. The summed E-state index contributed by atoms with van der Waals surface area (Å²) < 4.78 is 12.7. The molecule has 1 N–H and O–H groups in total. The minimum atomic E-state index is -0.521. The molecule has 1 aromatic rings. The highest BCUT2D eigenvalue weighted by atomic mass is 79.9. The molecule has 5 nitrogen and oxygen atoms in total. The Morgan fingerprint density at radius 3 is 2.74 bits per heavy atom. The minimum absolute atomic E-state index is 0.0274. The van der Waals surface area contributed by atoms with Crippen LogP contribution in [0.4, 0.5) is 4.79 Å². The molecule has 0 spiro atoms. The molecule has 7 heteroatoms. The SMILES string of the molecule is CC(C)(C)OC(=O)N1C[C@@H]2OCc3cc(Br)c(O)c(Br)c3[C@H]2C1. The Bertz CT molecular complexity index is 656. The predicted octanol–water partition coefficient (Wildman–Crippen LogP) is 4.15. The third kappa shape index (κ3) is 3.23. The molecule has 3 rings (SSSR count). The molecule has 2 aliphatic rings. The molecule has 126 valence electrons. The van der Waals surface area contributed by atoms with Crippen LogP contribution in [0.2, 0.25) is 0 Å². The van der Waals surface area contributed by atoms with Crippen LogP contribution in [-0.4, -0.2) is 40.9 Å². The maximum atomic E-state index is 12.3. The maximum Gasteiger partial charge on any atom is 0.410 e. The van der Waals surface area contributed by atoms with Crippen molar-refractivity contribution in [3.8, 4) is 5.75 Å². The third-order valence-electron chi connectivity index (χ3n) is 4.06. The lowest BCUT2D eigenvalue weighted by molar-refractivity contribution is 0.0125. The van der Waals surface area contributed by atoms with E-state index in [9.17, 15) is 9.90 Å². The van der Waals surface area contributed by atoms with Crippen LogP contribution in [0, 0.1) is 0 Å². The van der Waals surface area contributed by atoms with E-state index in [1.165, 1.54) is 0 Å². The van der Waals surface area contributed by atoms with E-state index in [1.54, 1.807) is 4.90 Å². The molecule has 0 unspecified atom stereocenters. The van der Waals surface area contributed by atoms with E-state index in [2.05, 4.69) is 31.9 Å². The predicted molar refractivity (Wildman–Crippen MR) is 92.6 cm³/mol. The molecule has 0 aliphatic carbocycles. The summed E-state index contributed by atoms with van der Waals surface area (Å²) in [4.78, 5) is 14.0. The summed E-state index contributed by atoms with van der Waals surface area (Å²) in [6.07, 6.45) is -0.401. The number of halogens is 2. The fourth-order valence-corrected chi connectivity index (χ4v) is 4.59. The number of likely N-dealkylation sites (tertiary alicyclic amines) is 1. The fraction of sp³-hybridized carbons (Fsp3) is 0.562. The van der Waals surface area contributed by atoms with Crippen LogP contribution in [-0.2, 0) is 16.1 Å². The molecular formula is C16H19Br2NO4. The average molecular weight is 449 g/mol. The van der Waals surface area contributed by atoms with E-state index in [4.69, 9.17) is 9.47 Å². The number of carbonyl (C=O) groups excluding carboxylic acids is 1. The van der Waals surface area contributed by atoms with E-state index >= 15 is 0 Å². The zero-order valence-corrected chi connectivity index (χ0v) is 16.4. The highest BCUT2D eigenvalue weighted by Gasteiger charge is 2.43. The monoisotopic (exact) mass is 447 g/mol. The van der Waals surface area contributed by atoms with Crippen molar-refractivity contribution in [2.75, 3.05) is 13.1 Å². The number of nitrogens with zero attached hydrogens (tertiary/aromatic N) is 1. The van der Waals surface area contributed by atoms with Gasteiger partial charge in [0.15, 0.2) is 0 Å². The molecule has 2 heterocycles. The Labute approximate surface area is 152 Å². The third-order valence-corrected chi connectivity index (χ3v) is 5.47. The summed E-state index contributed by atoms with van der Waals surface area (Å²) in [6.45, 7) is 7.05. The molecule has 0 bridgehead atoms. The topological polar surface area (TPSA) is 59.0 Å². The molecule has 1 aromatic carbocycles. The molecule has 0 saturated carbocycles. The van der Waals surface area contributed by atoms with Crippen molar-refractivity contribution in [1.29, 1.82) is 0 Å². The smallest absolute Gasteiger partial charge is 0.410 e. The van der Waals surface area contributed by atoms with Crippen molar-refractivity contribution >= 4 is 38.0 Å². The number of carbonyl (C=O) groups is 1. The van der Waals surface area contributed by atoms with Gasteiger partial charge in [-0.1, -0.05) is 0 Å². The molecule has 0 aromatic heterocycles. The van der Waals surface area contributed by atoms with Gasteiger partial charge in [0.1, 0.15) is 11.4 Å². The highest BCUT2D eigenvalue weighted by Crippen LogP contribution is 2.46.